The van der Waals surface area contributed by atoms with E-state index in [9.17, 15) is 4.79 Å². The number of nitrogens with zero attached hydrogens (tertiary/aromatic N) is 4. The fourth-order valence-electron chi connectivity index (χ4n) is 7.03. The second-order valence-electron chi connectivity index (χ2n) is 14.1. The molecule has 6 heterocycles. The summed E-state index contributed by atoms with van der Waals surface area (Å²) in [7, 11) is 0. The van der Waals surface area contributed by atoms with Gasteiger partial charge in [-0.05, 0) is 84.6 Å². The average Bonchev–Trinajstić information content (AvgIpc) is 3.44. The monoisotopic (exact) mass is 636 g/mol. The summed E-state index contributed by atoms with van der Waals surface area (Å²) in [6.45, 7) is 16.0. The van der Waals surface area contributed by atoms with Gasteiger partial charge in [-0.3, -0.25) is 0 Å². The molecule has 2 atom stereocenters. The number of hydrogen-bond donors (Lipinski definition) is 0. The third-order valence-corrected chi connectivity index (χ3v) is 9.35. The van der Waals surface area contributed by atoms with E-state index in [1.807, 2.05) is 45.2 Å². The summed E-state index contributed by atoms with van der Waals surface area (Å²) in [6.07, 6.45) is 4.49. The number of piperidine rings is 1. The van der Waals surface area contributed by atoms with E-state index in [4.69, 9.17) is 29.0 Å². The zero-order chi connectivity index (χ0) is 33.1. The fourth-order valence-corrected chi connectivity index (χ4v) is 7.03. The topological polar surface area (TPSA) is 87.4 Å². The van der Waals surface area contributed by atoms with Crippen LogP contribution in [-0.2, 0) is 19.0 Å². The van der Waals surface area contributed by atoms with Gasteiger partial charge in [-0.2, -0.15) is 9.61 Å². The zero-order valence-corrected chi connectivity index (χ0v) is 28.4. The molecule has 47 heavy (non-hydrogen) atoms. The van der Waals surface area contributed by atoms with Gasteiger partial charge in [0.05, 0.1) is 35.7 Å². The molecule has 4 bridgehead atoms. The lowest BCUT2D eigenvalue weighted by Crippen LogP contribution is -2.45. The van der Waals surface area contributed by atoms with E-state index in [2.05, 4.69) is 67.3 Å². The molecule has 0 radical (unpaired) electrons. The van der Waals surface area contributed by atoms with E-state index < -0.39 is 17.7 Å². The highest BCUT2D eigenvalue weighted by atomic mass is 16.6. The van der Waals surface area contributed by atoms with Crippen molar-refractivity contribution in [3.05, 3.63) is 77.0 Å². The number of esters is 1. The molecule has 0 unspecified atom stereocenters. The van der Waals surface area contributed by atoms with Crippen molar-refractivity contribution in [2.45, 2.75) is 84.7 Å². The largest absolute Gasteiger partial charge is 0.481 e. The van der Waals surface area contributed by atoms with Crippen molar-refractivity contribution < 1.29 is 23.7 Å². The Morgan fingerprint density at radius 1 is 1.09 bits per heavy atom. The third kappa shape index (κ3) is 5.80. The first-order valence-electron chi connectivity index (χ1n) is 16.7. The Bertz CT molecular complexity index is 1880. The number of aryl methyl sites for hydroxylation is 2. The number of rotatable bonds is 4. The number of aromatic nitrogens is 3. The molecule has 4 aliphatic heterocycles. The summed E-state index contributed by atoms with van der Waals surface area (Å²) in [5.74, 6) is 1.23. The van der Waals surface area contributed by atoms with Crippen LogP contribution in [0.1, 0.15) is 82.1 Å². The summed E-state index contributed by atoms with van der Waals surface area (Å²) in [4.78, 5) is 21.0. The smallest absolute Gasteiger partial charge is 0.340 e. The minimum absolute atomic E-state index is 0.247. The van der Waals surface area contributed by atoms with Gasteiger partial charge in [0, 0.05) is 41.5 Å². The number of ether oxygens (including phenoxy) is 4. The predicted molar refractivity (Wildman–Crippen MR) is 182 cm³/mol. The van der Waals surface area contributed by atoms with E-state index in [1.165, 1.54) is 0 Å². The van der Waals surface area contributed by atoms with Gasteiger partial charge < -0.3 is 23.8 Å². The van der Waals surface area contributed by atoms with Gasteiger partial charge in [0.25, 0.3) is 0 Å². The molecule has 9 nitrogen and oxygen atoms in total. The van der Waals surface area contributed by atoms with Crippen molar-refractivity contribution >= 4 is 17.4 Å². The van der Waals surface area contributed by atoms with E-state index in [0.29, 0.717) is 36.6 Å². The quantitative estimate of drug-likeness (QED) is 0.168. The molecule has 2 aromatic carbocycles. The van der Waals surface area contributed by atoms with Crippen LogP contribution in [0.4, 0.5) is 5.82 Å². The molecular weight excluding hydrogens is 592 g/mol. The van der Waals surface area contributed by atoms with Crippen molar-refractivity contribution in [1.29, 1.82) is 0 Å². The third-order valence-electron chi connectivity index (χ3n) is 9.35. The summed E-state index contributed by atoms with van der Waals surface area (Å²) < 4.78 is 27.2. The van der Waals surface area contributed by atoms with Crippen molar-refractivity contribution in [2.75, 3.05) is 31.2 Å². The second kappa shape index (κ2) is 11.8. The molecular formula is C38H44N4O5. The number of carbonyl (C=O) groups excluding carboxylic acids is 1. The molecule has 0 amide bonds. The standard InChI is InChI=1S/C38H44N4O5/c1-8-44-36(43)34(47-37(4,5)6)32-24(3)39-31-22-28-27-12-9-11-26-25-15-14-23(2)21-30(25)46-29(33(26)27)13-10-20-45-38(7)16-18-41(19-17-38)35(32)42(31)40-28/h9-15,21-22,29,34H,8,16-20H2,1-7H3/b13-10+/t29-,34+/m1/s1. The van der Waals surface area contributed by atoms with Crippen LogP contribution >= 0.6 is 0 Å². The van der Waals surface area contributed by atoms with Crippen LogP contribution in [0.2, 0.25) is 0 Å². The summed E-state index contributed by atoms with van der Waals surface area (Å²) in [5, 5.41) is 5.26. The molecule has 8 rings (SSSR count). The van der Waals surface area contributed by atoms with Gasteiger partial charge >= 0.3 is 5.97 Å². The van der Waals surface area contributed by atoms with E-state index in [-0.39, 0.29) is 18.3 Å². The number of carbonyl (C=O) groups is 1. The zero-order valence-electron chi connectivity index (χ0n) is 28.4. The maximum atomic E-state index is 13.6. The van der Waals surface area contributed by atoms with E-state index in [1.54, 1.807) is 0 Å². The van der Waals surface area contributed by atoms with Crippen molar-refractivity contribution in [1.82, 2.24) is 14.6 Å². The minimum Gasteiger partial charge on any atom is -0.481 e. The minimum atomic E-state index is -0.979. The van der Waals surface area contributed by atoms with Crippen molar-refractivity contribution in [2.24, 2.45) is 0 Å². The molecule has 9 heteroatoms. The Morgan fingerprint density at radius 2 is 1.85 bits per heavy atom. The van der Waals surface area contributed by atoms with Gasteiger partial charge in [0.15, 0.2) is 11.8 Å². The number of hydrogen-bond acceptors (Lipinski definition) is 8. The normalized spacial score (nSPS) is 21.8. The molecule has 0 aliphatic carbocycles. The van der Waals surface area contributed by atoms with Gasteiger partial charge in [-0.1, -0.05) is 36.4 Å². The SMILES string of the molecule is CCOC(=O)[C@@H](OC(C)(C)C)c1c(C)nc2cc3nn2c1N1CCC(C)(CC1)OC/C=C/[C@H]1Oc2cc(C)ccc2-c2cccc-3c21. The highest BCUT2D eigenvalue weighted by Gasteiger charge is 2.39. The molecule has 1 fully saturated rings. The van der Waals surface area contributed by atoms with Crippen LogP contribution in [-0.4, -0.2) is 58.1 Å². The van der Waals surface area contributed by atoms with Gasteiger partial charge in [-0.25, -0.2) is 9.78 Å². The van der Waals surface area contributed by atoms with Crippen molar-refractivity contribution in [3.63, 3.8) is 0 Å². The number of benzene rings is 2. The van der Waals surface area contributed by atoms with Crippen LogP contribution in [0, 0.1) is 13.8 Å². The summed E-state index contributed by atoms with van der Waals surface area (Å²) in [5.41, 5.74) is 7.27. The molecule has 4 aliphatic rings. The molecule has 2 aromatic heterocycles. The number of fused-ring (bicyclic) bond motifs is 6. The van der Waals surface area contributed by atoms with Crippen LogP contribution in [0.5, 0.6) is 5.75 Å². The first kappa shape index (κ1) is 31.4. The van der Waals surface area contributed by atoms with Crippen molar-refractivity contribution in [3.8, 4) is 28.1 Å². The van der Waals surface area contributed by atoms with E-state index >= 15 is 0 Å². The Hall–Kier alpha value is -4.21. The average molecular weight is 637 g/mol. The first-order chi connectivity index (χ1) is 22.4. The fraction of sp³-hybridized carbons (Fsp3) is 0.447. The molecule has 0 saturated carbocycles. The molecule has 1 saturated heterocycles. The highest BCUT2D eigenvalue weighted by Crippen LogP contribution is 2.47. The maximum Gasteiger partial charge on any atom is 0.340 e. The van der Waals surface area contributed by atoms with Crippen LogP contribution in [0.3, 0.4) is 0 Å². The molecule has 0 spiro atoms. The first-order valence-corrected chi connectivity index (χ1v) is 16.7. The molecule has 4 aromatic rings. The van der Waals surface area contributed by atoms with Gasteiger partial charge in [0.1, 0.15) is 17.7 Å². The maximum absolute atomic E-state index is 13.6. The van der Waals surface area contributed by atoms with Gasteiger partial charge in [0.2, 0.25) is 0 Å². The van der Waals surface area contributed by atoms with Crippen LogP contribution in [0.15, 0.2) is 54.6 Å². The lowest BCUT2D eigenvalue weighted by atomic mass is 9.87. The van der Waals surface area contributed by atoms with Crippen LogP contribution < -0.4 is 9.64 Å². The summed E-state index contributed by atoms with van der Waals surface area (Å²) in [6, 6.07) is 14.7. The highest BCUT2D eigenvalue weighted by molar-refractivity contribution is 5.84. The lowest BCUT2D eigenvalue weighted by molar-refractivity contribution is -0.166. The van der Waals surface area contributed by atoms with E-state index in [0.717, 1.165) is 57.9 Å². The Balaban J connectivity index is 1.49. The van der Waals surface area contributed by atoms with Crippen LogP contribution in [0.25, 0.3) is 28.0 Å². The lowest BCUT2D eigenvalue weighted by Gasteiger charge is -2.41. The predicted octanol–water partition coefficient (Wildman–Crippen LogP) is 7.48. The van der Waals surface area contributed by atoms with Gasteiger partial charge in [-0.15, -0.1) is 0 Å². The number of anilines is 1. The second-order valence-corrected chi connectivity index (χ2v) is 14.1. The Kier molecular flexibility index (Phi) is 7.88. The Morgan fingerprint density at radius 3 is 2.60 bits per heavy atom. The molecule has 246 valence electrons. The molecule has 0 N–H and O–H groups in total. The summed E-state index contributed by atoms with van der Waals surface area (Å²) >= 11 is 0. The Labute approximate surface area is 276 Å².